The van der Waals surface area contributed by atoms with E-state index in [9.17, 15) is 18.5 Å². The van der Waals surface area contributed by atoms with Crippen molar-refractivity contribution >= 4 is 15.5 Å². The zero-order valence-electron chi connectivity index (χ0n) is 18.1. The lowest BCUT2D eigenvalue weighted by molar-refractivity contribution is -0.384. The quantitative estimate of drug-likeness (QED) is 0.362. The lowest BCUT2D eigenvalue weighted by atomic mass is 10.0. The van der Waals surface area contributed by atoms with Crippen LogP contribution in [0, 0.1) is 17.0 Å². The van der Waals surface area contributed by atoms with Gasteiger partial charge >= 0.3 is 0 Å². The average Bonchev–Trinajstić information content (AvgIpc) is 2.79. The number of benzene rings is 3. The molecule has 0 aliphatic carbocycles. The van der Waals surface area contributed by atoms with Gasteiger partial charge in [-0.3, -0.25) is 10.1 Å². The molecule has 0 amide bonds. The maximum Gasteiger partial charge on any atom is 0.269 e. The van der Waals surface area contributed by atoms with E-state index in [-0.39, 0.29) is 27.6 Å². The Bertz CT molecular complexity index is 1200. The van der Waals surface area contributed by atoms with Crippen LogP contribution in [0.1, 0.15) is 21.9 Å². The number of methoxy groups -OCH3 is 3. The highest BCUT2D eigenvalue weighted by Gasteiger charge is 2.36. The molecule has 0 fully saturated rings. The van der Waals surface area contributed by atoms with Gasteiger partial charge in [-0.15, -0.1) is 0 Å². The van der Waals surface area contributed by atoms with E-state index in [1.807, 2.05) is 6.92 Å². The van der Waals surface area contributed by atoms with Crippen LogP contribution in [0.3, 0.4) is 0 Å². The molecule has 0 aromatic heterocycles. The number of sulfone groups is 1. The van der Waals surface area contributed by atoms with E-state index in [4.69, 9.17) is 14.2 Å². The van der Waals surface area contributed by atoms with Gasteiger partial charge in [0.05, 0.1) is 36.7 Å². The third-order valence-electron chi connectivity index (χ3n) is 5.08. The Morgan fingerprint density at radius 3 is 1.81 bits per heavy atom. The summed E-state index contributed by atoms with van der Waals surface area (Å²) in [5, 5.41) is 9.86. The SMILES string of the molecule is COc1cc(OC)c(C(c2ccc([N+](=O)[O-])cc2)S(=O)(=O)c2ccc(C)cc2)c(OC)c1. The van der Waals surface area contributed by atoms with Crippen molar-refractivity contribution in [2.24, 2.45) is 0 Å². The van der Waals surface area contributed by atoms with Crippen molar-refractivity contribution in [1.82, 2.24) is 0 Å². The summed E-state index contributed by atoms with van der Waals surface area (Å²) in [5.74, 6) is 0.929. The summed E-state index contributed by atoms with van der Waals surface area (Å²) >= 11 is 0. The minimum Gasteiger partial charge on any atom is -0.496 e. The van der Waals surface area contributed by atoms with Crippen LogP contribution >= 0.6 is 0 Å². The molecule has 1 unspecified atom stereocenters. The summed E-state index contributed by atoms with van der Waals surface area (Å²) in [7, 11) is 0.304. The van der Waals surface area contributed by atoms with Gasteiger partial charge in [-0.1, -0.05) is 29.8 Å². The molecule has 0 saturated carbocycles. The Kier molecular flexibility index (Phi) is 6.69. The van der Waals surface area contributed by atoms with E-state index in [1.54, 1.807) is 24.3 Å². The first kappa shape index (κ1) is 23.1. The summed E-state index contributed by atoms with van der Waals surface area (Å²) in [6, 6.07) is 15.0. The maximum atomic E-state index is 13.9. The predicted molar refractivity (Wildman–Crippen MR) is 119 cm³/mol. The summed E-state index contributed by atoms with van der Waals surface area (Å²) in [4.78, 5) is 10.7. The van der Waals surface area contributed by atoms with Crippen LogP contribution in [-0.4, -0.2) is 34.7 Å². The number of non-ortho nitro benzene ring substituents is 1. The molecule has 0 aliphatic heterocycles. The minimum atomic E-state index is -4.01. The number of hydrogen-bond donors (Lipinski definition) is 0. The first-order valence-electron chi connectivity index (χ1n) is 9.57. The van der Waals surface area contributed by atoms with E-state index < -0.39 is 20.0 Å². The average molecular weight is 458 g/mol. The third-order valence-corrected chi connectivity index (χ3v) is 7.14. The van der Waals surface area contributed by atoms with Crippen molar-refractivity contribution in [2.45, 2.75) is 17.1 Å². The van der Waals surface area contributed by atoms with Gasteiger partial charge in [-0.25, -0.2) is 8.42 Å². The van der Waals surface area contributed by atoms with E-state index in [0.717, 1.165) is 5.56 Å². The van der Waals surface area contributed by atoms with Gasteiger partial charge in [0.1, 0.15) is 22.5 Å². The fourth-order valence-electron chi connectivity index (χ4n) is 3.43. The van der Waals surface area contributed by atoms with Crippen LogP contribution in [0.4, 0.5) is 5.69 Å². The number of aryl methyl sites for hydroxylation is 1. The van der Waals surface area contributed by atoms with Crippen molar-refractivity contribution in [3.8, 4) is 17.2 Å². The first-order valence-corrected chi connectivity index (χ1v) is 11.1. The van der Waals surface area contributed by atoms with Crippen molar-refractivity contribution in [3.63, 3.8) is 0 Å². The molecule has 32 heavy (non-hydrogen) atoms. The van der Waals surface area contributed by atoms with E-state index in [2.05, 4.69) is 0 Å². The standard InChI is InChI=1S/C23H23NO7S/c1-15-5-11-19(12-6-15)32(27,28)23(16-7-9-17(10-8-16)24(25)26)22-20(30-3)13-18(29-2)14-21(22)31-4/h5-14,23H,1-4H3. The number of nitro benzene ring substituents is 1. The molecular formula is C23H23NO7S. The molecular weight excluding hydrogens is 434 g/mol. The van der Waals surface area contributed by atoms with Gasteiger partial charge in [-0.2, -0.15) is 0 Å². The number of hydrogen-bond acceptors (Lipinski definition) is 7. The van der Waals surface area contributed by atoms with Crippen LogP contribution in [0.25, 0.3) is 0 Å². The largest absolute Gasteiger partial charge is 0.496 e. The lowest BCUT2D eigenvalue weighted by Crippen LogP contribution is -2.17. The van der Waals surface area contributed by atoms with Crippen LogP contribution in [0.2, 0.25) is 0 Å². The maximum absolute atomic E-state index is 13.9. The molecule has 0 radical (unpaired) electrons. The van der Waals surface area contributed by atoms with Gasteiger partial charge < -0.3 is 14.2 Å². The number of ether oxygens (including phenoxy) is 3. The molecule has 0 N–H and O–H groups in total. The normalized spacial score (nSPS) is 12.1. The van der Waals surface area contributed by atoms with Gasteiger partial charge in [0.25, 0.3) is 5.69 Å². The zero-order chi connectivity index (χ0) is 23.5. The fourth-order valence-corrected chi connectivity index (χ4v) is 5.27. The zero-order valence-corrected chi connectivity index (χ0v) is 18.9. The predicted octanol–water partition coefficient (Wildman–Crippen LogP) is 4.49. The molecule has 0 heterocycles. The van der Waals surface area contributed by atoms with Gasteiger partial charge in [0, 0.05) is 24.3 Å². The highest BCUT2D eigenvalue weighted by molar-refractivity contribution is 7.92. The topological polar surface area (TPSA) is 105 Å². The van der Waals surface area contributed by atoms with Gasteiger partial charge in [0.2, 0.25) is 0 Å². The van der Waals surface area contributed by atoms with E-state index in [0.29, 0.717) is 11.3 Å². The molecule has 168 valence electrons. The molecule has 3 aromatic carbocycles. The third kappa shape index (κ3) is 4.38. The van der Waals surface area contributed by atoms with E-state index in [1.165, 1.54) is 57.7 Å². The second-order valence-electron chi connectivity index (χ2n) is 7.03. The molecule has 1 atom stereocenters. The Morgan fingerprint density at radius 1 is 0.844 bits per heavy atom. The van der Waals surface area contributed by atoms with Gasteiger partial charge in [-0.05, 0) is 24.6 Å². The highest BCUT2D eigenvalue weighted by atomic mass is 32.2. The van der Waals surface area contributed by atoms with Crippen LogP contribution < -0.4 is 14.2 Å². The Labute approximate surface area is 186 Å². The summed E-state index contributed by atoms with van der Waals surface area (Å²) in [6.45, 7) is 1.86. The van der Waals surface area contributed by atoms with Crippen LogP contribution in [0.5, 0.6) is 17.2 Å². The Hall–Kier alpha value is -3.59. The second kappa shape index (κ2) is 9.27. The van der Waals surface area contributed by atoms with Crippen molar-refractivity contribution in [3.05, 3.63) is 87.5 Å². The molecule has 0 saturated heterocycles. The lowest BCUT2D eigenvalue weighted by Gasteiger charge is -2.24. The first-order chi connectivity index (χ1) is 15.2. The number of rotatable bonds is 8. The highest BCUT2D eigenvalue weighted by Crippen LogP contribution is 2.46. The van der Waals surface area contributed by atoms with Crippen molar-refractivity contribution in [1.29, 1.82) is 0 Å². The summed E-state index contributed by atoms with van der Waals surface area (Å²) in [6.07, 6.45) is 0. The molecule has 8 nitrogen and oxygen atoms in total. The van der Waals surface area contributed by atoms with Crippen molar-refractivity contribution < 1.29 is 27.6 Å². The van der Waals surface area contributed by atoms with Crippen LogP contribution in [-0.2, 0) is 9.84 Å². The summed E-state index contributed by atoms with van der Waals surface area (Å²) < 4.78 is 44.1. The molecule has 3 rings (SSSR count). The van der Waals surface area contributed by atoms with Crippen LogP contribution in [0.15, 0.2) is 65.6 Å². The van der Waals surface area contributed by atoms with E-state index >= 15 is 0 Å². The molecule has 3 aromatic rings. The number of nitrogens with zero attached hydrogens (tertiary/aromatic N) is 1. The minimum absolute atomic E-state index is 0.103. The molecule has 0 aliphatic rings. The second-order valence-corrected chi connectivity index (χ2v) is 9.07. The molecule has 9 heteroatoms. The van der Waals surface area contributed by atoms with Gasteiger partial charge in [0.15, 0.2) is 9.84 Å². The monoisotopic (exact) mass is 457 g/mol. The summed E-state index contributed by atoms with van der Waals surface area (Å²) in [5.41, 5.74) is 1.37. The van der Waals surface area contributed by atoms with Crippen molar-refractivity contribution in [2.75, 3.05) is 21.3 Å². The molecule has 0 bridgehead atoms. The Morgan fingerprint density at radius 2 is 1.38 bits per heavy atom. The fraction of sp³-hybridized carbons (Fsp3) is 0.217. The Balaban J connectivity index is 2.33. The number of nitro groups is 1. The molecule has 0 spiro atoms. The smallest absolute Gasteiger partial charge is 0.269 e.